The molecule has 2 N–H and O–H groups in total. The second kappa shape index (κ2) is 8.39. The maximum atomic E-state index is 11.7. The second-order valence-corrected chi connectivity index (χ2v) is 6.78. The first kappa shape index (κ1) is 16.3. The number of carbonyl (C=O) groups excluding carboxylic acids is 1. The number of thiophene rings is 1. The molecular weight excluding hydrogens is 282 g/mol. The summed E-state index contributed by atoms with van der Waals surface area (Å²) < 4.78 is 0. The van der Waals surface area contributed by atoms with Gasteiger partial charge in [0.2, 0.25) is 0 Å². The summed E-state index contributed by atoms with van der Waals surface area (Å²) in [5.74, 6) is 0. The fourth-order valence-corrected chi connectivity index (χ4v) is 3.55. The van der Waals surface area contributed by atoms with E-state index in [2.05, 4.69) is 40.8 Å². The number of rotatable bonds is 7. The van der Waals surface area contributed by atoms with E-state index in [-0.39, 0.29) is 6.03 Å². The van der Waals surface area contributed by atoms with E-state index < -0.39 is 0 Å². The van der Waals surface area contributed by atoms with Crippen molar-refractivity contribution in [2.24, 2.45) is 0 Å². The van der Waals surface area contributed by atoms with Crippen molar-refractivity contribution in [3.63, 3.8) is 0 Å². The topological polar surface area (TPSA) is 44.4 Å². The molecule has 1 aromatic heterocycles. The first-order valence-electron chi connectivity index (χ1n) is 8.01. The minimum atomic E-state index is -0.0359. The van der Waals surface area contributed by atoms with Crippen molar-refractivity contribution in [1.29, 1.82) is 0 Å². The van der Waals surface area contributed by atoms with Crippen LogP contribution in [0.5, 0.6) is 0 Å². The van der Waals surface area contributed by atoms with Gasteiger partial charge in [0.15, 0.2) is 0 Å². The average molecular weight is 309 g/mol. The van der Waals surface area contributed by atoms with Crippen molar-refractivity contribution < 1.29 is 4.79 Å². The number of hydrogen-bond donors (Lipinski definition) is 2. The van der Waals surface area contributed by atoms with Crippen LogP contribution >= 0.6 is 11.3 Å². The third-order valence-corrected chi connectivity index (χ3v) is 5.11. The lowest BCUT2D eigenvalue weighted by Crippen LogP contribution is -2.46. The molecule has 0 aliphatic carbocycles. The summed E-state index contributed by atoms with van der Waals surface area (Å²) in [6.07, 6.45) is 4.56. The molecule has 1 aliphatic heterocycles. The molecule has 0 bridgehead atoms. The molecule has 0 aromatic carbocycles. The van der Waals surface area contributed by atoms with Gasteiger partial charge in [0, 0.05) is 37.1 Å². The predicted molar refractivity (Wildman–Crippen MR) is 88.8 cm³/mol. The first-order valence-corrected chi connectivity index (χ1v) is 8.89. The van der Waals surface area contributed by atoms with Gasteiger partial charge in [-0.1, -0.05) is 19.8 Å². The van der Waals surface area contributed by atoms with E-state index in [4.69, 9.17) is 0 Å². The summed E-state index contributed by atoms with van der Waals surface area (Å²) in [6.45, 7) is 7.94. The number of nitrogens with one attached hydrogen (secondary N) is 2. The standard InChI is InChI=1S/C16H27N3OS/c1-3-4-5-8-17-16(20)18-11-13(2)19-9-6-15-14(12-19)7-10-21-15/h7,10,13H,3-6,8-9,11-12H2,1-2H3,(H2,17,18,20). The highest BCUT2D eigenvalue weighted by molar-refractivity contribution is 7.10. The van der Waals surface area contributed by atoms with Gasteiger partial charge >= 0.3 is 6.03 Å². The highest BCUT2D eigenvalue weighted by Gasteiger charge is 2.21. The Hall–Kier alpha value is -1.07. The van der Waals surface area contributed by atoms with E-state index in [1.165, 1.54) is 23.3 Å². The Morgan fingerprint density at radius 3 is 3.10 bits per heavy atom. The molecule has 118 valence electrons. The number of urea groups is 1. The fourth-order valence-electron chi connectivity index (χ4n) is 2.66. The maximum Gasteiger partial charge on any atom is 0.314 e. The predicted octanol–water partition coefficient (Wildman–Crippen LogP) is 2.98. The monoisotopic (exact) mass is 309 g/mol. The molecule has 1 atom stereocenters. The summed E-state index contributed by atoms with van der Waals surface area (Å²) >= 11 is 1.86. The van der Waals surface area contributed by atoms with Crippen LogP contribution in [-0.4, -0.2) is 36.6 Å². The maximum absolute atomic E-state index is 11.7. The van der Waals surface area contributed by atoms with Crippen molar-refractivity contribution in [2.45, 2.75) is 52.1 Å². The third kappa shape index (κ3) is 5.00. The van der Waals surface area contributed by atoms with Crippen molar-refractivity contribution in [3.8, 4) is 0 Å². The zero-order valence-electron chi connectivity index (χ0n) is 13.2. The lowest BCUT2D eigenvalue weighted by molar-refractivity contribution is 0.186. The largest absolute Gasteiger partial charge is 0.338 e. The molecule has 21 heavy (non-hydrogen) atoms. The molecule has 5 heteroatoms. The minimum absolute atomic E-state index is 0.0359. The lowest BCUT2D eigenvalue weighted by Gasteiger charge is -2.32. The Morgan fingerprint density at radius 2 is 2.29 bits per heavy atom. The zero-order valence-corrected chi connectivity index (χ0v) is 14.0. The quantitative estimate of drug-likeness (QED) is 0.761. The molecule has 0 radical (unpaired) electrons. The highest BCUT2D eigenvalue weighted by atomic mass is 32.1. The van der Waals surface area contributed by atoms with Crippen LogP contribution in [-0.2, 0) is 13.0 Å². The van der Waals surface area contributed by atoms with E-state index in [0.29, 0.717) is 12.6 Å². The molecule has 4 nitrogen and oxygen atoms in total. The van der Waals surface area contributed by atoms with Gasteiger partial charge in [0.05, 0.1) is 0 Å². The summed E-state index contributed by atoms with van der Waals surface area (Å²) in [5, 5.41) is 8.09. The van der Waals surface area contributed by atoms with Crippen LogP contribution in [0.1, 0.15) is 43.6 Å². The first-order chi connectivity index (χ1) is 10.2. The summed E-state index contributed by atoms with van der Waals surface area (Å²) in [5.41, 5.74) is 1.46. The minimum Gasteiger partial charge on any atom is -0.338 e. The normalized spacial score (nSPS) is 16.3. The molecule has 0 saturated carbocycles. The summed E-state index contributed by atoms with van der Waals surface area (Å²) in [4.78, 5) is 15.7. The van der Waals surface area contributed by atoms with Crippen LogP contribution in [0.3, 0.4) is 0 Å². The van der Waals surface area contributed by atoms with Crippen LogP contribution in [0.15, 0.2) is 11.4 Å². The number of hydrogen-bond acceptors (Lipinski definition) is 3. The smallest absolute Gasteiger partial charge is 0.314 e. The highest BCUT2D eigenvalue weighted by Crippen LogP contribution is 2.24. The van der Waals surface area contributed by atoms with Crippen molar-refractivity contribution in [2.75, 3.05) is 19.6 Å². The molecule has 0 saturated heterocycles. The molecule has 1 unspecified atom stereocenters. The van der Waals surface area contributed by atoms with E-state index in [1.54, 1.807) is 0 Å². The molecule has 0 fully saturated rings. The van der Waals surface area contributed by atoms with Gasteiger partial charge in [0.1, 0.15) is 0 Å². The van der Waals surface area contributed by atoms with Crippen LogP contribution in [0.4, 0.5) is 4.79 Å². The van der Waals surface area contributed by atoms with Gasteiger partial charge in [0.25, 0.3) is 0 Å². The van der Waals surface area contributed by atoms with Crippen molar-refractivity contribution in [1.82, 2.24) is 15.5 Å². The second-order valence-electron chi connectivity index (χ2n) is 5.78. The Morgan fingerprint density at radius 1 is 1.43 bits per heavy atom. The Labute approximate surface area is 131 Å². The van der Waals surface area contributed by atoms with Gasteiger partial charge in [-0.3, -0.25) is 4.90 Å². The lowest BCUT2D eigenvalue weighted by atomic mass is 10.1. The summed E-state index contributed by atoms with van der Waals surface area (Å²) in [6, 6.07) is 2.57. The number of unbranched alkanes of at least 4 members (excludes halogenated alkanes) is 2. The number of amides is 2. The Bertz CT molecular complexity index is 446. The van der Waals surface area contributed by atoms with Gasteiger partial charge in [-0.15, -0.1) is 11.3 Å². The van der Waals surface area contributed by atoms with Crippen LogP contribution in [0.25, 0.3) is 0 Å². The number of fused-ring (bicyclic) bond motifs is 1. The molecule has 2 rings (SSSR count). The van der Waals surface area contributed by atoms with Crippen molar-refractivity contribution in [3.05, 3.63) is 21.9 Å². The van der Waals surface area contributed by atoms with Crippen molar-refractivity contribution >= 4 is 17.4 Å². The van der Waals surface area contributed by atoms with Gasteiger partial charge in [-0.25, -0.2) is 4.79 Å². The SMILES string of the molecule is CCCCCNC(=O)NCC(C)N1CCc2sccc2C1. The van der Waals surface area contributed by atoms with E-state index in [0.717, 1.165) is 32.5 Å². The van der Waals surface area contributed by atoms with E-state index >= 15 is 0 Å². The Kier molecular flexibility index (Phi) is 6.51. The van der Waals surface area contributed by atoms with Gasteiger partial charge in [-0.2, -0.15) is 0 Å². The average Bonchev–Trinajstić information content (AvgIpc) is 2.96. The van der Waals surface area contributed by atoms with Crippen LogP contribution in [0, 0.1) is 0 Å². The van der Waals surface area contributed by atoms with Crippen LogP contribution < -0.4 is 10.6 Å². The van der Waals surface area contributed by atoms with Gasteiger partial charge < -0.3 is 10.6 Å². The fraction of sp³-hybridized carbons (Fsp3) is 0.688. The summed E-state index contributed by atoms with van der Waals surface area (Å²) in [7, 11) is 0. The molecule has 0 spiro atoms. The molecule has 1 aliphatic rings. The Balaban J connectivity index is 1.66. The molecule has 2 amide bonds. The molecular formula is C16H27N3OS. The van der Waals surface area contributed by atoms with Gasteiger partial charge in [-0.05, 0) is 36.8 Å². The third-order valence-electron chi connectivity index (χ3n) is 4.08. The number of carbonyl (C=O) groups is 1. The number of nitrogens with zero attached hydrogens (tertiary/aromatic N) is 1. The zero-order chi connectivity index (χ0) is 15.1. The van der Waals surface area contributed by atoms with E-state index in [9.17, 15) is 4.79 Å². The van der Waals surface area contributed by atoms with Crippen LogP contribution in [0.2, 0.25) is 0 Å². The molecule has 1 aromatic rings. The van der Waals surface area contributed by atoms with E-state index in [1.807, 2.05) is 11.3 Å². The molecule has 2 heterocycles.